The minimum absolute atomic E-state index is 0.483. The number of aromatic nitrogens is 4. The van der Waals surface area contributed by atoms with Gasteiger partial charge in [-0.15, -0.1) is 0 Å². The second kappa shape index (κ2) is 3.18. The first kappa shape index (κ1) is 8.64. The number of nitrogens with one attached hydrogen (secondary N) is 1. The molecule has 3 N–H and O–H groups in total. The van der Waals surface area contributed by atoms with E-state index >= 15 is 0 Å². The predicted octanol–water partition coefficient (Wildman–Crippen LogP) is 1.59. The van der Waals surface area contributed by atoms with Crippen LogP contribution in [0, 0.1) is 0 Å². The first-order valence-corrected chi connectivity index (χ1v) is 5.30. The van der Waals surface area contributed by atoms with Gasteiger partial charge in [-0.3, -0.25) is 0 Å². The molecule has 0 aliphatic heterocycles. The first-order chi connectivity index (χ1) is 7.34. The summed E-state index contributed by atoms with van der Waals surface area (Å²) in [4.78, 5) is 15.8. The maximum absolute atomic E-state index is 5.75. The fourth-order valence-corrected chi connectivity index (χ4v) is 2.26. The molecule has 1 saturated carbocycles. The van der Waals surface area contributed by atoms with Crippen LogP contribution in [0.25, 0.3) is 11.2 Å². The second-order valence-electron chi connectivity index (χ2n) is 4.06. The second-order valence-corrected chi connectivity index (χ2v) is 4.06. The van der Waals surface area contributed by atoms with E-state index < -0.39 is 0 Å². The molecule has 0 radical (unpaired) electrons. The van der Waals surface area contributed by atoms with Gasteiger partial charge in [-0.2, -0.15) is 0 Å². The van der Waals surface area contributed by atoms with E-state index in [4.69, 9.17) is 5.73 Å². The molecule has 2 heterocycles. The highest BCUT2D eigenvalue weighted by Gasteiger charge is 2.21. The van der Waals surface area contributed by atoms with E-state index in [2.05, 4.69) is 19.9 Å². The zero-order valence-electron chi connectivity index (χ0n) is 8.40. The Labute approximate surface area is 87.1 Å². The van der Waals surface area contributed by atoms with Crippen molar-refractivity contribution in [3.63, 3.8) is 0 Å². The van der Waals surface area contributed by atoms with Gasteiger partial charge in [-0.05, 0) is 12.8 Å². The minimum atomic E-state index is 0.483. The van der Waals surface area contributed by atoms with Gasteiger partial charge in [0.2, 0.25) is 0 Å². The number of H-pyrrole nitrogens is 1. The number of hydrogen-bond donors (Lipinski definition) is 2. The molecule has 5 nitrogen and oxygen atoms in total. The number of anilines is 1. The summed E-state index contributed by atoms with van der Waals surface area (Å²) in [7, 11) is 0. The lowest BCUT2D eigenvalue weighted by atomic mass is 10.1. The van der Waals surface area contributed by atoms with Gasteiger partial charge in [-0.1, -0.05) is 12.8 Å². The van der Waals surface area contributed by atoms with E-state index in [9.17, 15) is 0 Å². The van der Waals surface area contributed by atoms with Crippen molar-refractivity contribution >= 4 is 17.0 Å². The van der Waals surface area contributed by atoms with Crippen molar-refractivity contribution in [1.82, 2.24) is 19.9 Å². The lowest BCUT2D eigenvalue weighted by molar-refractivity contribution is 0.681. The summed E-state index contributed by atoms with van der Waals surface area (Å²) in [6.45, 7) is 0. The van der Waals surface area contributed by atoms with Crippen LogP contribution in [0.1, 0.15) is 37.4 Å². The zero-order chi connectivity index (χ0) is 10.3. The highest BCUT2D eigenvalue weighted by Crippen LogP contribution is 2.33. The van der Waals surface area contributed by atoms with Crippen molar-refractivity contribution in [2.75, 3.05) is 5.73 Å². The molecule has 3 rings (SSSR count). The van der Waals surface area contributed by atoms with Gasteiger partial charge in [0.1, 0.15) is 17.7 Å². The topological polar surface area (TPSA) is 80.5 Å². The summed E-state index contributed by atoms with van der Waals surface area (Å²) in [5.74, 6) is 2.06. The van der Waals surface area contributed by atoms with E-state index in [1.807, 2.05) is 0 Å². The Kier molecular flexibility index (Phi) is 1.83. The van der Waals surface area contributed by atoms with Gasteiger partial charge >= 0.3 is 0 Å². The molecule has 0 spiro atoms. The van der Waals surface area contributed by atoms with Crippen LogP contribution in [0.2, 0.25) is 0 Å². The van der Waals surface area contributed by atoms with E-state index in [-0.39, 0.29) is 0 Å². The van der Waals surface area contributed by atoms with Gasteiger partial charge in [0.25, 0.3) is 0 Å². The van der Waals surface area contributed by atoms with Crippen molar-refractivity contribution in [1.29, 1.82) is 0 Å². The van der Waals surface area contributed by atoms with Gasteiger partial charge in [0, 0.05) is 5.92 Å². The van der Waals surface area contributed by atoms with E-state index in [1.54, 1.807) is 0 Å². The molecule has 2 aromatic heterocycles. The van der Waals surface area contributed by atoms with Gasteiger partial charge in [0.15, 0.2) is 11.5 Å². The average molecular weight is 203 g/mol. The Hall–Kier alpha value is -1.65. The van der Waals surface area contributed by atoms with Gasteiger partial charge in [-0.25, -0.2) is 15.0 Å². The first-order valence-electron chi connectivity index (χ1n) is 5.30. The third kappa shape index (κ3) is 1.35. The smallest absolute Gasteiger partial charge is 0.183 e. The monoisotopic (exact) mass is 203 g/mol. The molecule has 1 aliphatic carbocycles. The van der Waals surface area contributed by atoms with E-state index in [0.717, 1.165) is 11.3 Å². The number of fused-ring (bicyclic) bond motifs is 1. The summed E-state index contributed by atoms with van der Waals surface area (Å²) in [5.41, 5.74) is 7.21. The Morgan fingerprint density at radius 1 is 1.27 bits per heavy atom. The number of imidazole rings is 1. The number of nitrogens with two attached hydrogens (primary N) is 1. The van der Waals surface area contributed by atoms with Crippen LogP contribution in [0.3, 0.4) is 0 Å². The lowest BCUT2D eigenvalue weighted by Crippen LogP contribution is -1.94. The van der Waals surface area contributed by atoms with Crippen molar-refractivity contribution in [3.8, 4) is 0 Å². The number of hydrogen-bond acceptors (Lipinski definition) is 4. The maximum Gasteiger partial charge on any atom is 0.183 e. The largest absolute Gasteiger partial charge is 0.382 e. The highest BCUT2D eigenvalue weighted by atomic mass is 15.0. The van der Waals surface area contributed by atoms with Crippen LogP contribution in [0.15, 0.2) is 6.33 Å². The third-order valence-corrected chi connectivity index (χ3v) is 3.08. The molecule has 0 unspecified atom stereocenters. The Morgan fingerprint density at radius 2 is 2.07 bits per heavy atom. The zero-order valence-corrected chi connectivity index (χ0v) is 8.40. The molecule has 1 aliphatic rings. The Bertz CT molecular complexity index is 484. The standard InChI is InChI=1S/C10H13N5/c11-8-7-10(13-5-12-8)15-9(14-7)6-3-1-2-4-6/h5-6H,1-4H2,(H3,11,12,13,14,15). The average Bonchev–Trinajstić information content (AvgIpc) is 2.86. The van der Waals surface area contributed by atoms with Crippen molar-refractivity contribution in [3.05, 3.63) is 12.2 Å². The van der Waals surface area contributed by atoms with Gasteiger partial charge in [0.05, 0.1) is 0 Å². The van der Waals surface area contributed by atoms with Crippen LogP contribution in [-0.2, 0) is 0 Å². The van der Waals surface area contributed by atoms with E-state index in [1.165, 1.54) is 32.0 Å². The molecule has 1 fully saturated rings. The fraction of sp³-hybridized carbons (Fsp3) is 0.500. The molecule has 0 amide bonds. The molecule has 15 heavy (non-hydrogen) atoms. The number of nitrogens with zero attached hydrogens (tertiary/aromatic N) is 3. The molecule has 0 saturated heterocycles. The summed E-state index contributed by atoms with van der Waals surface area (Å²) in [6, 6.07) is 0. The SMILES string of the molecule is Nc1ncnc2nc(C3CCCC3)[nH]c12. The van der Waals surface area contributed by atoms with Crippen LogP contribution < -0.4 is 5.73 Å². The van der Waals surface area contributed by atoms with Crippen LogP contribution >= 0.6 is 0 Å². The Morgan fingerprint density at radius 3 is 2.80 bits per heavy atom. The molecule has 0 aromatic carbocycles. The van der Waals surface area contributed by atoms with Crippen molar-refractivity contribution in [2.45, 2.75) is 31.6 Å². The van der Waals surface area contributed by atoms with Crippen molar-refractivity contribution in [2.24, 2.45) is 0 Å². The maximum atomic E-state index is 5.75. The molecule has 78 valence electrons. The van der Waals surface area contributed by atoms with Crippen LogP contribution in [0.5, 0.6) is 0 Å². The number of nitrogen functional groups attached to an aromatic ring is 1. The Balaban J connectivity index is 2.09. The number of aromatic amines is 1. The highest BCUT2D eigenvalue weighted by molar-refractivity contribution is 5.81. The fourth-order valence-electron chi connectivity index (χ4n) is 2.26. The summed E-state index contributed by atoms with van der Waals surface area (Å²) in [6.07, 6.45) is 6.48. The number of rotatable bonds is 1. The van der Waals surface area contributed by atoms with E-state index in [0.29, 0.717) is 17.4 Å². The molecule has 2 aromatic rings. The molecular formula is C10H13N5. The minimum Gasteiger partial charge on any atom is -0.382 e. The molecular weight excluding hydrogens is 190 g/mol. The lowest BCUT2D eigenvalue weighted by Gasteiger charge is -2.02. The molecule has 0 bridgehead atoms. The quantitative estimate of drug-likeness (QED) is 0.737. The molecule has 0 atom stereocenters. The normalized spacial score (nSPS) is 17.6. The summed E-state index contributed by atoms with van der Waals surface area (Å²) >= 11 is 0. The van der Waals surface area contributed by atoms with Crippen LogP contribution in [-0.4, -0.2) is 19.9 Å². The van der Waals surface area contributed by atoms with Crippen molar-refractivity contribution < 1.29 is 0 Å². The third-order valence-electron chi connectivity index (χ3n) is 3.08. The predicted molar refractivity (Wildman–Crippen MR) is 57.3 cm³/mol. The summed E-state index contributed by atoms with van der Waals surface area (Å²) < 4.78 is 0. The van der Waals surface area contributed by atoms with Gasteiger partial charge < -0.3 is 10.7 Å². The summed E-state index contributed by atoms with van der Waals surface area (Å²) in [5, 5.41) is 0. The molecule has 5 heteroatoms. The van der Waals surface area contributed by atoms with Crippen LogP contribution in [0.4, 0.5) is 5.82 Å².